The highest BCUT2D eigenvalue weighted by Gasteiger charge is 2.18. The van der Waals surface area contributed by atoms with Gasteiger partial charge in [-0.2, -0.15) is 0 Å². The van der Waals surface area contributed by atoms with E-state index in [1.54, 1.807) is 25.1 Å². The van der Waals surface area contributed by atoms with Gasteiger partial charge in [0.25, 0.3) is 5.91 Å². The number of nitrogens with one attached hydrogen (secondary N) is 1. The summed E-state index contributed by atoms with van der Waals surface area (Å²) in [5.74, 6) is 1.79. The number of rotatable bonds is 4. The molecule has 0 fully saturated rings. The SMILES string of the molecule is CC(C)NC(=O)C(C)Oc1ccc2c(c1)OCO2. The van der Waals surface area contributed by atoms with Gasteiger partial charge in [0.05, 0.1) is 0 Å². The average molecular weight is 251 g/mol. The molecule has 1 aliphatic rings. The van der Waals surface area contributed by atoms with Crippen molar-refractivity contribution in [1.29, 1.82) is 0 Å². The monoisotopic (exact) mass is 251 g/mol. The minimum absolute atomic E-state index is 0.0975. The molecular formula is C13H17NO4. The summed E-state index contributed by atoms with van der Waals surface area (Å²) in [5.41, 5.74) is 0. The standard InChI is InChI=1S/C13H17NO4/c1-8(2)14-13(15)9(3)18-10-4-5-11-12(6-10)17-7-16-11/h4-6,8-9H,7H2,1-3H3,(H,14,15). The van der Waals surface area contributed by atoms with E-state index in [0.29, 0.717) is 17.2 Å². The molecule has 0 saturated carbocycles. The maximum atomic E-state index is 11.7. The van der Waals surface area contributed by atoms with Crippen LogP contribution in [0.1, 0.15) is 20.8 Å². The molecule has 0 spiro atoms. The third kappa shape index (κ3) is 2.85. The molecule has 2 rings (SSSR count). The molecule has 1 aromatic rings. The van der Waals surface area contributed by atoms with Crippen molar-refractivity contribution in [2.24, 2.45) is 0 Å². The molecule has 5 heteroatoms. The Labute approximate surface area is 106 Å². The van der Waals surface area contributed by atoms with E-state index in [4.69, 9.17) is 14.2 Å². The van der Waals surface area contributed by atoms with Crippen LogP contribution in [-0.4, -0.2) is 24.8 Å². The molecule has 5 nitrogen and oxygen atoms in total. The largest absolute Gasteiger partial charge is 0.481 e. The van der Waals surface area contributed by atoms with Gasteiger partial charge in [-0.1, -0.05) is 0 Å². The van der Waals surface area contributed by atoms with Gasteiger partial charge >= 0.3 is 0 Å². The summed E-state index contributed by atoms with van der Waals surface area (Å²) < 4.78 is 16.0. The Kier molecular flexibility index (Phi) is 3.60. The minimum Gasteiger partial charge on any atom is -0.481 e. The second kappa shape index (κ2) is 5.16. The van der Waals surface area contributed by atoms with Gasteiger partial charge in [-0.05, 0) is 32.9 Å². The zero-order valence-electron chi connectivity index (χ0n) is 10.7. The first kappa shape index (κ1) is 12.5. The van der Waals surface area contributed by atoms with Gasteiger partial charge in [0.1, 0.15) is 5.75 Å². The molecular weight excluding hydrogens is 234 g/mol. The second-order valence-electron chi connectivity index (χ2n) is 4.44. The molecule has 0 radical (unpaired) electrons. The van der Waals surface area contributed by atoms with Crippen LogP contribution in [0.3, 0.4) is 0 Å². The number of benzene rings is 1. The van der Waals surface area contributed by atoms with Crippen LogP contribution >= 0.6 is 0 Å². The van der Waals surface area contributed by atoms with Crippen LogP contribution in [-0.2, 0) is 4.79 Å². The molecule has 0 aliphatic carbocycles. The van der Waals surface area contributed by atoms with Crippen molar-refractivity contribution < 1.29 is 19.0 Å². The van der Waals surface area contributed by atoms with Gasteiger partial charge in [-0.15, -0.1) is 0 Å². The molecule has 1 aliphatic heterocycles. The third-order valence-electron chi connectivity index (χ3n) is 2.46. The van der Waals surface area contributed by atoms with E-state index in [-0.39, 0.29) is 18.7 Å². The smallest absolute Gasteiger partial charge is 0.260 e. The fourth-order valence-electron chi connectivity index (χ4n) is 1.61. The highest BCUT2D eigenvalue weighted by Crippen LogP contribution is 2.35. The Hall–Kier alpha value is -1.91. The molecule has 1 amide bonds. The van der Waals surface area contributed by atoms with E-state index >= 15 is 0 Å². The lowest BCUT2D eigenvalue weighted by molar-refractivity contribution is -0.127. The first-order chi connectivity index (χ1) is 8.56. The van der Waals surface area contributed by atoms with Crippen LogP contribution in [0.25, 0.3) is 0 Å². The molecule has 0 saturated heterocycles. The highest BCUT2D eigenvalue weighted by atomic mass is 16.7. The maximum Gasteiger partial charge on any atom is 0.260 e. The number of ether oxygens (including phenoxy) is 3. The number of amides is 1. The summed E-state index contributed by atoms with van der Waals surface area (Å²) in [6, 6.07) is 5.35. The van der Waals surface area contributed by atoms with E-state index in [1.807, 2.05) is 13.8 Å². The van der Waals surface area contributed by atoms with Crippen LogP contribution < -0.4 is 19.5 Å². The first-order valence-corrected chi connectivity index (χ1v) is 5.93. The molecule has 18 heavy (non-hydrogen) atoms. The molecule has 1 unspecified atom stereocenters. The van der Waals surface area contributed by atoms with Crippen molar-refractivity contribution in [1.82, 2.24) is 5.32 Å². The van der Waals surface area contributed by atoms with Gasteiger partial charge < -0.3 is 19.5 Å². The van der Waals surface area contributed by atoms with Gasteiger partial charge in [0, 0.05) is 12.1 Å². The lowest BCUT2D eigenvalue weighted by atomic mass is 10.3. The molecule has 1 heterocycles. The van der Waals surface area contributed by atoms with Crippen molar-refractivity contribution in [3.05, 3.63) is 18.2 Å². The lowest BCUT2D eigenvalue weighted by Crippen LogP contribution is -2.39. The Balaban J connectivity index is 1.99. The molecule has 1 atom stereocenters. The summed E-state index contributed by atoms with van der Waals surface area (Å²) in [6.07, 6.45) is -0.548. The van der Waals surface area contributed by atoms with Crippen molar-refractivity contribution in [3.63, 3.8) is 0 Å². The summed E-state index contributed by atoms with van der Waals surface area (Å²) in [7, 11) is 0. The Morgan fingerprint density at radius 1 is 1.28 bits per heavy atom. The summed E-state index contributed by atoms with van der Waals surface area (Å²) in [4.78, 5) is 11.7. The van der Waals surface area contributed by atoms with Gasteiger partial charge in [-0.3, -0.25) is 4.79 Å². The fourth-order valence-corrected chi connectivity index (χ4v) is 1.61. The normalized spacial score (nSPS) is 14.4. The van der Waals surface area contributed by atoms with Crippen LogP contribution in [0.4, 0.5) is 0 Å². The van der Waals surface area contributed by atoms with Crippen LogP contribution in [0.15, 0.2) is 18.2 Å². The van der Waals surface area contributed by atoms with Crippen LogP contribution in [0.5, 0.6) is 17.2 Å². The summed E-state index contributed by atoms with van der Waals surface area (Å²) in [5, 5.41) is 2.80. The predicted octanol–water partition coefficient (Wildman–Crippen LogP) is 1.71. The Morgan fingerprint density at radius 2 is 2.00 bits per heavy atom. The number of carbonyl (C=O) groups excluding carboxylic acids is 1. The molecule has 1 aromatic carbocycles. The maximum absolute atomic E-state index is 11.7. The average Bonchev–Trinajstić information content (AvgIpc) is 2.75. The number of fused-ring (bicyclic) bond motifs is 1. The van der Waals surface area contributed by atoms with Crippen molar-refractivity contribution in [2.45, 2.75) is 32.9 Å². The number of hydrogen-bond acceptors (Lipinski definition) is 4. The van der Waals surface area contributed by atoms with Crippen LogP contribution in [0, 0.1) is 0 Å². The quantitative estimate of drug-likeness (QED) is 0.885. The van der Waals surface area contributed by atoms with Gasteiger partial charge in [0.2, 0.25) is 6.79 Å². The van der Waals surface area contributed by atoms with E-state index in [2.05, 4.69) is 5.32 Å². The molecule has 98 valence electrons. The van der Waals surface area contributed by atoms with Crippen molar-refractivity contribution in [3.8, 4) is 17.2 Å². The number of carbonyl (C=O) groups is 1. The van der Waals surface area contributed by atoms with E-state index < -0.39 is 6.10 Å². The Morgan fingerprint density at radius 3 is 2.72 bits per heavy atom. The van der Waals surface area contributed by atoms with E-state index in [0.717, 1.165) is 0 Å². The predicted molar refractivity (Wildman–Crippen MR) is 65.9 cm³/mol. The molecule has 0 aromatic heterocycles. The zero-order valence-corrected chi connectivity index (χ0v) is 10.7. The highest BCUT2D eigenvalue weighted by molar-refractivity contribution is 5.80. The van der Waals surface area contributed by atoms with E-state index in [1.165, 1.54) is 0 Å². The van der Waals surface area contributed by atoms with Crippen molar-refractivity contribution >= 4 is 5.91 Å². The zero-order chi connectivity index (χ0) is 13.1. The Bertz CT molecular complexity index is 445. The lowest BCUT2D eigenvalue weighted by Gasteiger charge is -2.16. The van der Waals surface area contributed by atoms with Crippen LogP contribution in [0.2, 0.25) is 0 Å². The number of hydrogen-bond donors (Lipinski definition) is 1. The fraction of sp³-hybridized carbons (Fsp3) is 0.462. The summed E-state index contributed by atoms with van der Waals surface area (Å²) in [6.45, 7) is 5.75. The molecule has 0 bridgehead atoms. The van der Waals surface area contributed by atoms with Crippen molar-refractivity contribution in [2.75, 3.05) is 6.79 Å². The first-order valence-electron chi connectivity index (χ1n) is 5.93. The topological polar surface area (TPSA) is 56.8 Å². The third-order valence-corrected chi connectivity index (χ3v) is 2.46. The second-order valence-corrected chi connectivity index (χ2v) is 4.44. The van der Waals surface area contributed by atoms with E-state index in [9.17, 15) is 4.79 Å². The summed E-state index contributed by atoms with van der Waals surface area (Å²) >= 11 is 0. The van der Waals surface area contributed by atoms with Gasteiger partial charge in [-0.25, -0.2) is 0 Å². The minimum atomic E-state index is -0.548. The molecule has 1 N–H and O–H groups in total. The van der Waals surface area contributed by atoms with Gasteiger partial charge in [0.15, 0.2) is 17.6 Å².